The van der Waals surface area contributed by atoms with Gasteiger partial charge in [-0.05, 0) is 13.0 Å². The Labute approximate surface area is 103 Å². The second-order valence-corrected chi connectivity index (χ2v) is 3.93. The molecule has 0 unspecified atom stereocenters. The van der Waals surface area contributed by atoms with Crippen molar-refractivity contribution in [3.05, 3.63) is 48.6 Å². The lowest BCUT2D eigenvalue weighted by Crippen LogP contribution is -2.45. The second-order valence-electron chi connectivity index (χ2n) is 3.93. The molecule has 0 radical (unpaired) electrons. The Morgan fingerprint density at radius 2 is 1.88 bits per heavy atom. The summed E-state index contributed by atoms with van der Waals surface area (Å²) in [6.07, 6.45) is 1.37. The van der Waals surface area contributed by atoms with Gasteiger partial charge in [0.05, 0.1) is 0 Å². The van der Waals surface area contributed by atoms with Gasteiger partial charge < -0.3 is 10.2 Å². The SMILES string of the molecule is C=CC(=O)N1CCNCC1.Cc1ccccc1. The molecule has 1 aromatic carbocycles. The van der Waals surface area contributed by atoms with Gasteiger partial charge in [0.1, 0.15) is 0 Å². The van der Waals surface area contributed by atoms with Gasteiger partial charge in [0.2, 0.25) is 5.91 Å². The van der Waals surface area contributed by atoms with E-state index in [0.717, 1.165) is 26.2 Å². The van der Waals surface area contributed by atoms with Crippen molar-refractivity contribution in [2.75, 3.05) is 26.2 Å². The molecule has 1 amide bonds. The van der Waals surface area contributed by atoms with E-state index in [1.165, 1.54) is 11.6 Å². The average Bonchev–Trinajstić information content (AvgIpc) is 2.40. The van der Waals surface area contributed by atoms with E-state index >= 15 is 0 Å². The Morgan fingerprint density at radius 3 is 2.29 bits per heavy atom. The number of hydrogen-bond acceptors (Lipinski definition) is 2. The van der Waals surface area contributed by atoms with E-state index in [-0.39, 0.29) is 5.91 Å². The minimum absolute atomic E-state index is 0.0431. The Bertz CT molecular complexity index is 342. The molecule has 0 saturated carbocycles. The predicted molar refractivity (Wildman–Crippen MR) is 70.8 cm³/mol. The van der Waals surface area contributed by atoms with Crippen LogP contribution in [0.1, 0.15) is 5.56 Å². The van der Waals surface area contributed by atoms with Crippen molar-refractivity contribution in [3.63, 3.8) is 0 Å². The van der Waals surface area contributed by atoms with Crippen LogP contribution in [-0.2, 0) is 4.79 Å². The number of carbonyl (C=O) groups is 1. The van der Waals surface area contributed by atoms with E-state index in [0.29, 0.717) is 0 Å². The highest BCUT2D eigenvalue weighted by atomic mass is 16.2. The first-order valence-corrected chi connectivity index (χ1v) is 5.87. The van der Waals surface area contributed by atoms with Gasteiger partial charge in [-0.3, -0.25) is 4.79 Å². The van der Waals surface area contributed by atoms with Crippen molar-refractivity contribution in [2.24, 2.45) is 0 Å². The fourth-order valence-electron chi connectivity index (χ4n) is 1.55. The molecule has 1 saturated heterocycles. The minimum atomic E-state index is 0.0431. The Morgan fingerprint density at radius 1 is 1.29 bits per heavy atom. The summed E-state index contributed by atoms with van der Waals surface area (Å²) in [6, 6.07) is 10.3. The molecule has 92 valence electrons. The summed E-state index contributed by atoms with van der Waals surface area (Å²) < 4.78 is 0. The van der Waals surface area contributed by atoms with Crippen molar-refractivity contribution in [1.29, 1.82) is 0 Å². The van der Waals surface area contributed by atoms with Gasteiger partial charge in [-0.1, -0.05) is 42.5 Å². The molecule has 1 aliphatic rings. The third-order valence-electron chi connectivity index (χ3n) is 2.54. The zero-order valence-electron chi connectivity index (χ0n) is 10.4. The maximum absolute atomic E-state index is 10.9. The maximum atomic E-state index is 10.9. The number of amides is 1. The van der Waals surface area contributed by atoms with Gasteiger partial charge in [0.15, 0.2) is 0 Å². The zero-order chi connectivity index (χ0) is 12.5. The molecule has 1 aliphatic heterocycles. The number of benzene rings is 1. The van der Waals surface area contributed by atoms with Crippen LogP contribution < -0.4 is 5.32 Å². The van der Waals surface area contributed by atoms with Crippen molar-refractivity contribution < 1.29 is 4.79 Å². The highest BCUT2D eigenvalue weighted by Gasteiger charge is 2.11. The van der Waals surface area contributed by atoms with Gasteiger partial charge in [0, 0.05) is 26.2 Å². The molecular formula is C14H20N2O. The molecule has 1 fully saturated rings. The van der Waals surface area contributed by atoms with Crippen LogP contribution in [0.3, 0.4) is 0 Å². The molecule has 0 aliphatic carbocycles. The number of carbonyl (C=O) groups excluding carboxylic acids is 1. The van der Waals surface area contributed by atoms with Crippen molar-refractivity contribution in [1.82, 2.24) is 10.2 Å². The molecule has 1 N–H and O–H groups in total. The summed E-state index contributed by atoms with van der Waals surface area (Å²) in [5.74, 6) is 0.0431. The highest BCUT2D eigenvalue weighted by Crippen LogP contribution is 1.93. The van der Waals surface area contributed by atoms with E-state index in [4.69, 9.17) is 0 Å². The number of nitrogens with one attached hydrogen (secondary N) is 1. The molecule has 0 aromatic heterocycles. The fourth-order valence-corrected chi connectivity index (χ4v) is 1.55. The van der Waals surface area contributed by atoms with Crippen LogP contribution in [0.4, 0.5) is 0 Å². The fraction of sp³-hybridized carbons (Fsp3) is 0.357. The molecule has 3 nitrogen and oxygen atoms in total. The highest BCUT2D eigenvalue weighted by molar-refractivity contribution is 5.87. The van der Waals surface area contributed by atoms with E-state index < -0.39 is 0 Å². The zero-order valence-corrected chi connectivity index (χ0v) is 10.4. The van der Waals surface area contributed by atoms with Crippen LogP contribution in [0.5, 0.6) is 0 Å². The van der Waals surface area contributed by atoms with E-state index in [2.05, 4.69) is 31.0 Å². The van der Waals surface area contributed by atoms with Crippen LogP contribution in [0, 0.1) is 6.92 Å². The van der Waals surface area contributed by atoms with Crippen molar-refractivity contribution >= 4 is 5.91 Å². The normalized spacial score (nSPS) is 14.5. The summed E-state index contributed by atoms with van der Waals surface area (Å²) in [6.45, 7) is 8.93. The lowest BCUT2D eigenvalue weighted by molar-refractivity contribution is -0.126. The lowest BCUT2D eigenvalue weighted by Gasteiger charge is -2.25. The van der Waals surface area contributed by atoms with Gasteiger partial charge in [-0.2, -0.15) is 0 Å². The van der Waals surface area contributed by atoms with Gasteiger partial charge in [-0.25, -0.2) is 0 Å². The molecule has 0 atom stereocenters. The van der Waals surface area contributed by atoms with Crippen molar-refractivity contribution in [3.8, 4) is 0 Å². The first kappa shape index (κ1) is 13.5. The summed E-state index contributed by atoms with van der Waals surface area (Å²) in [7, 11) is 0. The van der Waals surface area contributed by atoms with Crippen LogP contribution in [-0.4, -0.2) is 37.0 Å². The third-order valence-corrected chi connectivity index (χ3v) is 2.54. The molecule has 17 heavy (non-hydrogen) atoms. The summed E-state index contributed by atoms with van der Waals surface area (Å²) >= 11 is 0. The maximum Gasteiger partial charge on any atom is 0.246 e. The number of rotatable bonds is 1. The molecule has 1 aromatic rings. The third kappa shape index (κ3) is 5.31. The Hall–Kier alpha value is -1.61. The monoisotopic (exact) mass is 232 g/mol. The van der Waals surface area contributed by atoms with Gasteiger partial charge in [0.25, 0.3) is 0 Å². The average molecular weight is 232 g/mol. The number of hydrogen-bond donors (Lipinski definition) is 1. The number of aryl methyl sites for hydroxylation is 1. The first-order chi connectivity index (χ1) is 8.24. The molecular weight excluding hydrogens is 212 g/mol. The Balaban J connectivity index is 0.000000181. The quantitative estimate of drug-likeness (QED) is 0.746. The van der Waals surface area contributed by atoms with E-state index in [1.54, 1.807) is 4.90 Å². The predicted octanol–water partition coefficient (Wildman–Crippen LogP) is 1.60. The van der Waals surface area contributed by atoms with Crippen LogP contribution >= 0.6 is 0 Å². The van der Waals surface area contributed by atoms with Crippen molar-refractivity contribution in [2.45, 2.75) is 6.92 Å². The topological polar surface area (TPSA) is 32.3 Å². The standard InChI is InChI=1S/C7H12N2O.C7H8/c1-2-7(10)9-5-3-8-4-6-9;1-7-5-3-2-4-6-7/h2,8H,1,3-6H2;2-6H,1H3. The van der Waals surface area contributed by atoms with E-state index in [9.17, 15) is 4.79 Å². The molecule has 0 spiro atoms. The van der Waals surface area contributed by atoms with Crippen LogP contribution in [0.15, 0.2) is 43.0 Å². The largest absolute Gasteiger partial charge is 0.337 e. The molecule has 3 heteroatoms. The smallest absolute Gasteiger partial charge is 0.246 e. The minimum Gasteiger partial charge on any atom is -0.337 e. The molecule has 0 bridgehead atoms. The van der Waals surface area contributed by atoms with Gasteiger partial charge >= 0.3 is 0 Å². The van der Waals surface area contributed by atoms with Gasteiger partial charge in [-0.15, -0.1) is 0 Å². The first-order valence-electron chi connectivity index (χ1n) is 5.87. The Kier molecular flexibility index (Phi) is 6.04. The van der Waals surface area contributed by atoms with Crippen LogP contribution in [0.25, 0.3) is 0 Å². The summed E-state index contributed by atoms with van der Waals surface area (Å²) in [4.78, 5) is 12.7. The number of piperazine rings is 1. The van der Waals surface area contributed by atoms with Crippen LogP contribution in [0.2, 0.25) is 0 Å². The summed E-state index contributed by atoms with van der Waals surface area (Å²) in [5.41, 5.74) is 1.32. The molecule has 1 heterocycles. The second kappa shape index (κ2) is 7.63. The number of nitrogens with zero attached hydrogens (tertiary/aromatic N) is 1. The van der Waals surface area contributed by atoms with E-state index in [1.807, 2.05) is 18.2 Å². The lowest BCUT2D eigenvalue weighted by atomic mass is 10.2. The summed E-state index contributed by atoms with van der Waals surface area (Å²) in [5, 5.41) is 3.17. The molecule has 2 rings (SSSR count).